The van der Waals surface area contributed by atoms with E-state index >= 15 is 0 Å². The lowest BCUT2D eigenvalue weighted by Crippen LogP contribution is -2.54. The Morgan fingerprint density at radius 3 is 2.45 bits per heavy atom. The zero-order valence-corrected chi connectivity index (χ0v) is 22.0. The van der Waals surface area contributed by atoms with Gasteiger partial charge in [0.15, 0.2) is 6.35 Å². The Balaban J connectivity index is 1.18. The molecule has 0 saturated carbocycles. The molecule has 3 atom stereocenters. The lowest BCUT2D eigenvalue weighted by molar-refractivity contribution is -0.141. The van der Waals surface area contributed by atoms with Crippen LogP contribution in [0.1, 0.15) is 25.1 Å². The van der Waals surface area contributed by atoms with Gasteiger partial charge in [0.25, 0.3) is 0 Å². The summed E-state index contributed by atoms with van der Waals surface area (Å²) in [6.45, 7) is 6.31. The maximum atomic E-state index is 12.6. The summed E-state index contributed by atoms with van der Waals surface area (Å²) in [7, 11) is 0. The number of aliphatic hydroxyl groups excluding tert-OH is 1. The summed E-state index contributed by atoms with van der Waals surface area (Å²) in [6, 6.07) is 16.0. The summed E-state index contributed by atoms with van der Waals surface area (Å²) in [5, 5.41) is 20.2. The lowest BCUT2D eigenvalue weighted by atomic mass is 10.1. The van der Waals surface area contributed by atoms with E-state index in [0.29, 0.717) is 35.0 Å². The number of aromatic nitrogens is 3. The molecule has 4 N–H and O–H groups in total. The van der Waals surface area contributed by atoms with Gasteiger partial charge in [0.1, 0.15) is 17.8 Å². The number of alkyl halides is 3. The van der Waals surface area contributed by atoms with Crippen LogP contribution in [0.2, 0.25) is 0 Å². The van der Waals surface area contributed by atoms with Crippen molar-refractivity contribution in [3.8, 4) is 11.6 Å². The first-order valence-corrected chi connectivity index (χ1v) is 12.9. The molecule has 0 aliphatic carbocycles. The molecular weight excluding hydrogens is 523 g/mol. The smallest absolute Gasteiger partial charge is 0.433 e. The van der Waals surface area contributed by atoms with Crippen molar-refractivity contribution in [3.05, 3.63) is 78.4 Å². The van der Waals surface area contributed by atoms with Crippen LogP contribution >= 0.6 is 0 Å². The number of anilines is 2. The molecule has 210 valence electrons. The van der Waals surface area contributed by atoms with Crippen molar-refractivity contribution in [2.24, 2.45) is 0 Å². The average Bonchev–Trinajstić information content (AvgIpc) is 2.92. The van der Waals surface area contributed by atoms with Crippen LogP contribution < -0.4 is 25.6 Å². The number of aliphatic hydroxyl groups is 1. The van der Waals surface area contributed by atoms with Gasteiger partial charge in [-0.3, -0.25) is 10.3 Å². The van der Waals surface area contributed by atoms with Crippen LogP contribution in [0, 0.1) is 0 Å². The second kappa shape index (κ2) is 11.6. The molecule has 0 spiro atoms. The number of nitrogens with one attached hydrogen (secondary N) is 3. The van der Waals surface area contributed by atoms with E-state index in [0.717, 1.165) is 41.9 Å². The van der Waals surface area contributed by atoms with E-state index in [1.54, 1.807) is 24.3 Å². The van der Waals surface area contributed by atoms with Gasteiger partial charge in [-0.25, -0.2) is 9.97 Å². The van der Waals surface area contributed by atoms with Gasteiger partial charge in [-0.1, -0.05) is 6.07 Å². The largest absolute Gasteiger partial charge is 0.438 e. The Morgan fingerprint density at radius 2 is 1.77 bits per heavy atom. The molecular formula is C28H30F3N7O2. The van der Waals surface area contributed by atoms with E-state index in [9.17, 15) is 18.3 Å². The molecule has 1 fully saturated rings. The summed E-state index contributed by atoms with van der Waals surface area (Å²) in [4.78, 5) is 14.5. The molecule has 40 heavy (non-hydrogen) atoms. The van der Waals surface area contributed by atoms with Crippen LogP contribution in [0.25, 0.3) is 10.9 Å². The normalized spacial score (nSPS) is 18.5. The zero-order valence-electron chi connectivity index (χ0n) is 22.0. The van der Waals surface area contributed by atoms with E-state index in [4.69, 9.17) is 4.74 Å². The van der Waals surface area contributed by atoms with Crippen molar-refractivity contribution < 1.29 is 23.0 Å². The predicted octanol–water partition coefficient (Wildman–Crippen LogP) is 4.50. The van der Waals surface area contributed by atoms with E-state index in [1.165, 1.54) is 12.4 Å². The first kappa shape index (κ1) is 27.6. The van der Waals surface area contributed by atoms with Gasteiger partial charge in [-0.05, 0) is 67.9 Å². The summed E-state index contributed by atoms with van der Waals surface area (Å²) in [6.07, 6.45) is -3.03. The molecule has 1 aliphatic rings. The second-order valence-electron chi connectivity index (χ2n) is 9.86. The summed E-state index contributed by atoms with van der Waals surface area (Å²) in [5.74, 6) is 0.990. The van der Waals surface area contributed by atoms with Crippen molar-refractivity contribution in [3.63, 3.8) is 0 Å². The average molecular weight is 554 g/mol. The van der Waals surface area contributed by atoms with Crippen molar-refractivity contribution in [2.45, 2.75) is 45.0 Å². The molecule has 9 nitrogen and oxygen atoms in total. The number of nitrogens with zero attached hydrogens (tertiary/aromatic N) is 4. The Kier molecular flexibility index (Phi) is 8.01. The number of hydrogen-bond acceptors (Lipinski definition) is 9. The Hall–Kier alpha value is -4.00. The maximum absolute atomic E-state index is 12.6. The number of halogens is 3. The van der Waals surface area contributed by atoms with Crippen molar-refractivity contribution in [1.29, 1.82) is 0 Å². The van der Waals surface area contributed by atoms with Gasteiger partial charge in [0.2, 0.25) is 5.88 Å². The molecule has 1 saturated heterocycles. The number of ether oxygens (including phenoxy) is 1. The molecule has 1 unspecified atom stereocenters. The molecule has 0 bridgehead atoms. The summed E-state index contributed by atoms with van der Waals surface area (Å²) >= 11 is 0. The standard InChI is InChI=1S/C28H30F3N7O2/c1-17-14-38(15-18(2)36-17)21-6-9-23-24(11-21)34-16-35-26(23)40-22-7-4-20(5-8-22)37-27(39)33-13-19-3-10-25(32-12-19)28(29,30)31/h3-12,16-18,27,33,36-37,39H,13-15H2,1-2H3/t17-,18+,27?. The fraction of sp³-hybridized carbons (Fsp3) is 0.321. The number of rotatable bonds is 8. The molecule has 1 aliphatic heterocycles. The molecule has 2 aromatic heterocycles. The van der Waals surface area contributed by atoms with Gasteiger partial charge in [-0.2, -0.15) is 13.2 Å². The van der Waals surface area contributed by atoms with E-state index in [2.05, 4.69) is 61.8 Å². The topological polar surface area (TPSA) is 107 Å². The highest BCUT2D eigenvalue weighted by Crippen LogP contribution is 2.31. The van der Waals surface area contributed by atoms with Gasteiger partial charge in [0.05, 0.1) is 10.9 Å². The molecule has 3 heterocycles. The van der Waals surface area contributed by atoms with E-state index < -0.39 is 18.2 Å². The van der Waals surface area contributed by atoms with Crippen LogP contribution in [0.3, 0.4) is 0 Å². The third-order valence-corrected chi connectivity index (χ3v) is 6.49. The third-order valence-electron chi connectivity index (χ3n) is 6.49. The first-order valence-electron chi connectivity index (χ1n) is 12.9. The summed E-state index contributed by atoms with van der Waals surface area (Å²) < 4.78 is 44.0. The Labute approximate surface area is 229 Å². The lowest BCUT2D eigenvalue weighted by Gasteiger charge is -2.37. The van der Waals surface area contributed by atoms with E-state index in [-0.39, 0.29) is 6.54 Å². The zero-order chi connectivity index (χ0) is 28.3. The minimum absolute atomic E-state index is 0.121. The highest BCUT2D eigenvalue weighted by atomic mass is 19.4. The Bertz CT molecular complexity index is 1430. The minimum atomic E-state index is -4.49. The van der Waals surface area contributed by atoms with Crippen LogP contribution in [-0.4, -0.2) is 51.6 Å². The quantitative estimate of drug-likeness (QED) is 0.235. The maximum Gasteiger partial charge on any atom is 0.433 e. The van der Waals surface area contributed by atoms with Crippen LogP contribution in [0.4, 0.5) is 24.5 Å². The Morgan fingerprint density at radius 1 is 1.02 bits per heavy atom. The monoisotopic (exact) mass is 553 g/mol. The van der Waals surface area contributed by atoms with Crippen molar-refractivity contribution in [2.75, 3.05) is 23.3 Å². The van der Waals surface area contributed by atoms with Gasteiger partial charge >= 0.3 is 6.18 Å². The second-order valence-corrected chi connectivity index (χ2v) is 9.86. The van der Waals surface area contributed by atoms with Crippen LogP contribution in [0.15, 0.2) is 67.1 Å². The molecule has 12 heteroatoms. The molecule has 5 rings (SSSR count). The number of benzene rings is 2. The highest BCUT2D eigenvalue weighted by molar-refractivity contribution is 5.86. The van der Waals surface area contributed by atoms with Gasteiger partial charge in [0, 0.05) is 49.3 Å². The molecule has 2 aromatic carbocycles. The van der Waals surface area contributed by atoms with Gasteiger partial charge in [-0.15, -0.1) is 0 Å². The summed E-state index contributed by atoms with van der Waals surface area (Å²) in [5.41, 5.74) is 2.04. The number of fused-ring (bicyclic) bond motifs is 1. The van der Waals surface area contributed by atoms with Crippen LogP contribution in [0.5, 0.6) is 11.6 Å². The van der Waals surface area contributed by atoms with Crippen molar-refractivity contribution in [1.82, 2.24) is 25.6 Å². The molecule has 0 amide bonds. The first-order chi connectivity index (χ1) is 19.1. The number of piperazine rings is 1. The SMILES string of the molecule is C[C@@H]1CN(c2ccc3c(Oc4ccc(NC(O)NCc5ccc(C(F)(F)F)nc5)cc4)ncnc3c2)C[C@H](C)N1. The van der Waals surface area contributed by atoms with Crippen LogP contribution in [-0.2, 0) is 12.7 Å². The highest BCUT2D eigenvalue weighted by Gasteiger charge is 2.32. The number of pyridine rings is 1. The third kappa shape index (κ3) is 6.76. The van der Waals surface area contributed by atoms with E-state index in [1.807, 2.05) is 6.07 Å². The number of hydrogen-bond donors (Lipinski definition) is 4. The van der Waals surface area contributed by atoms with Crippen molar-refractivity contribution >= 4 is 22.3 Å². The predicted molar refractivity (Wildman–Crippen MR) is 146 cm³/mol. The fourth-order valence-corrected chi connectivity index (χ4v) is 4.69. The fourth-order valence-electron chi connectivity index (χ4n) is 4.69. The minimum Gasteiger partial charge on any atom is -0.438 e. The molecule has 0 radical (unpaired) electrons. The van der Waals surface area contributed by atoms with Gasteiger partial charge < -0.3 is 25.4 Å². The molecule has 4 aromatic rings.